The molecule has 5 heteroatoms. The van der Waals surface area contributed by atoms with Gasteiger partial charge >= 0.3 is 0 Å². The zero-order valence-electron chi connectivity index (χ0n) is 12.1. The van der Waals surface area contributed by atoms with E-state index < -0.39 is 0 Å². The highest BCUT2D eigenvalue weighted by Crippen LogP contribution is 2.33. The number of hydrogen-bond donors (Lipinski definition) is 1. The third-order valence-corrected chi connectivity index (χ3v) is 6.83. The number of halogens is 1. The Morgan fingerprint density at radius 1 is 1.45 bits per heavy atom. The van der Waals surface area contributed by atoms with Crippen LogP contribution in [0.25, 0.3) is 0 Å². The lowest BCUT2D eigenvalue weighted by Gasteiger charge is -2.31. The number of rotatable bonds is 6. The molecule has 2 aromatic heterocycles. The summed E-state index contributed by atoms with van der Waals surface area (Å²) >= 11 is 7.26. The number of likely N-dealkylation sites (N-methyl/N-ethyl adjacent to an activating group) is 1. The smallest absolute Gasteiger partial charge is 0.0564 e. The first-order valence-corrected chi connectivity index (χ1v) is 9.22. The summed E-state index contributed by atoms with van der Waals surface area (Å²) in [7, 11) is 2.18. The van der Waals surface area contributed by atoms with Crippen LogP contribution in [0.15, 0.2) is 28.1 Å². The van der Waals surface area contributed by atoms with Crippen LogP contribution in [0.4, 0.5) is 0 Å². The first-order valence-electron chi connectivity index (χ1n) is 6.73. The third-order valence-electron chi connectivity index (χ3n) is 3.69. The van der Waals surface area contributed by atoms with Crippen molar-refractivity contribution in [1.29, 1.82) is 0 Å². The van der Waals surface area contributed by atoms with Crippen LogP contribution in [0.3, 0.4) is 0 Å². The highest BCUT2D eigenvalue weighted by molar-refractivity contribution is 9.10. The number of thiophene rings is 2. The van der Waals surface area contributed by atoms with E-state index in [-0.39, 0.29) is 0 Å². The van der Waals surface area contributed by atoms with Gasteiger partial charge in [-0.3, -0.25) is 4.90 Å². The Hall–Kier alpha value is -0.200. The maximum atomic E-state index is 6.03. The van der Waals surface area contributed by atoms with Crippen molar-refractivity contribution in [2.75, 3.05) is 13.6 Å². The lowest BCUT2D eigenvalue weighted by molar-refractivity contribution is 0.191. The topological polar surface area (TPSA) is 29.3 Å². The fourth-order valence-electron chi connectivity index (χ4n) is 2.30. The van der Waals surface area contributed by atoms with Crippen molar-refractivity contribution in [3.63, 3.8) is 0 Å². The Kier molecular flexibility index (Phi) is 5.81. The van der Waals surface area contributed by atoms with Gasteiger partial charge in [0.1, 0.15) is 0 Å². The minimum Gasteiger partial charge on any atom is -0.329 e. The Morgan fingerprint density at radius 2 is 2.20 bits per heavy atom. The molecule has 0 aliphatic carbocycles. The first-order chi connectivity index (χ1) is 9.52. The molecule has 2 nitrogen and oxygen atoms in total. The van der Waals surface area contributed by atoms with Crippen LogP contribution in [0.2, 0.25) is 0 Å². The second-order valence-electron chi connectivity index (χ2n) is 5.10. The number of hydrogen-bond acceptors (Lipinski definition) is 4. The summed E-state index contributed by atoms with van der Waals surface area (Å²) in [6.45, 7) is 5.07. The van der Waals surface area contributed by atoms with Crippen molar-refractivity contribution in [1.82, 2.24) is 4.90 Å². The Labute approximate surface area is 137 Å². The second kappa shape index (κ2) is 7.18. The van der Waals surface area contributed by atoms with Crippen LogP contribution in [0.5, 0.6) is 0 Å². The molecule has 0 fully saturated rings. The fraction of sp³-hybridized carbons (Fsp3) is 0.467. The molecule has 2 rings (SSSR count). The predicted molar refractivity (Wildman–Crippen MR) is 93.8 cm³/mol. The van der Waals surface area contributed by atoms with E-state index in [2.05, 4.69) is 65.3 Å². The SMILES string of the molecule is Cc1sc(C(CN)N(C)C(C)Cc2cccs2)cc1Br. The van der Waals surface area contributed by atoms with Gasteiger partial charge in [0.05, 0.1) is 6.04 Å². The lowest BCUT2D eigenvalue weighted by atomic mass is 10.1. The summed E-state index contributed by atoms with van der Waals surface area (Å²) in [5.41, 5.74) is 6.03. The molecule has 2 N–H and O–H groups in total. The lowest BCUT2D eigenvalue weighted by Crippen LogP contribution is -2.37. The molecule has 0 aromatic carbocycles. The zero-order valence-corrected chi connectivity index (χ0v) is 15.3. The molecule has 2 atom stereocenters. The van der Waals surface area contributed by atoms with Crippen molar-refractivity contribution in [2.24, 2.45) is 5.73 Å². The van der Waals surface area contributed by atoms with E-state index in [0.29, 0.717) is 18.6 Å². The molecule has 0 bridgehead atoms. The van der Waals surface area contributed by atoms with E-state index >= 15 is 0 Å². The van der Waals surface area contributed by atoms with Crippen LogP contribution in [-0.2, 0) is 6.42 Å². The van der Waals surface area contributed by atoms with Gasteiger partial charge in [-0.25, -0.2) is 0 Å². The molecule has 0 amide bonds. The molecule has 0 aliphatic rings. The predicted octanol–water partition coefficient (Wildman–Crippen LogP) is 4.44. The minimum absolute atomic E-state index is 0.292. The van der Waals surface area contributed by atoms with E-state index in [9.17, 15) is 0 Å². The normalized spacial score (nSPS) is 14.7. The van der Waals surface area contributed by atoms with E-state index in [1.54, 1.807) is 0 Å². The average molecular weight is 373 g/mol. The van der Waals surface area contributed by atoms with Gasteiger partial charge in [0.2, 0.25) is 0 Å². The molecule has 2 aromatic rings. The van der Waals surface area contributed by atoms with Crippen molar-refractivity contribution in [2.45, 2.75) is 32.4 Å². The van der Waals surface area contributed by atoms with E-state index in [1.807, 2.05) is 22.7 Å². The van der Waals surface area contributed by atoms with Crippen molar-refractivity contribution >= 4 is 38.6 Å². The molecule has 2 unspecified atom stereocenters. The van der Waals surface area contributed by atoms with E-state index in [4.69, 9.17) is 5.73 Å². The molecule has 0 saturated heterocycles. The summed E-state index contributed by atoms with van der Waals surface area (Å²) in [5, 5.41) is 2.14. The largest absolute Gasteiger partial charge is 0.329 e. The summed E-state index contributed by atoms with van der Waals surface area (Å²) in [6, 6.07) is 7.31. The van der Waals surface area contributed by atoms with Gasteiger partial charge in [0.25, 0.3) is 0 Å². The average Bonchev–Trinajstić information content (AvgIpc) is 3.01. The number of aryl methyl sites for hydroxylation is 1. The third kappa shape index (κ3) is 3.71. The van der Waals surface area contributed by atoms with Gasteiger partial charge in [0, 0.05) is 31.7 Å². The van der Waals surface area contributed by atoms with Crippen LogP contribution in [0.1, 0.15) is 27.6 Å². The summed E-state index contributed by atoms with van der Waals surface area (Å²) in [5.74, 6) is 0. The molecule has 20 heavy (non-hydrogen) atoms. The van der Waals surface area contributed by atoms with Gasteiger partial charge in [-0.15, -0.1) is 22.7 Å². The van der Waals surface area contributed by atoms with Crippen LogP contribution in [0, 0.1) is 6.92 Å². The van der Waals surface area contributed by atoms with Crippen LogP contribution < -0.4 is 5.73 Å². The highest BCUT2D eigenvalue weighted by atomic mass is 79.9. The number of nitrogens with two attached hydrogens (primary N) is 1. The summed E-state index contributed by atoms with van der Waals surface area (Å²) in [6.07, 6.45) is 1.08. The van der Waals surface area contributed by atoms with E-state index in [1.165, 1.54) is 19.1 Å². The fourth-order valence-corrected chi connectivity index (χ4v) is 4.85. The molecule has 0 aliphatic heterocycles. The molecule has 0 radical (unpaired) electrons. The van der Waals surface area contributed by atoms with Crippen LogP contribution in [-0.4, -0.2) is 24.5 Å². The van der Waals surface area contributed by atoms with Crippen molar-refractivity contribution in [3.8, 4) is 0 Å². The maximum absolute atomic E-state index is 6.03. The standard InChI is InChI=1S/C15H21BrN2S2/c1-10(7-12-5-4-6-19-12)18(3)14(9-17)15-8-13(16)11(2)20-15/h4-6,8,10,14H,7,9,17H2,1-3H3. The second-order valence-corrected chi connectivity index (χ2v) is 8.28. The first kappa shape index (κ1) is 16.2. The quantitative estimate of drug-likeness (QED) is 0.811. The molecule has 2 heterocycles. The van der Waals surface area contributed by atoms with E-state index in [0.717, 1.165) is 6.42 Å². The monoisotopic (exact) mass is 372 g/mol. The molecular weight excluding hydrogens is 352 g/mol. The zero-order chi connectivity index (χ0) is 14.7. The molecule has 0 spiro atoms. The van der Waals surface area contributed by atoms with Crippen molar-refractivity contribution < 1.29 is 0 Å². The highest BCUT2D eigenvalue weighted by Gasteiger charge is 2.22. The number of nitrogens with zero attached hydrogens (tertiary/aromatic N) is 1. The molecule has 110 valence electrons. The molecular formula is C15H21BrN2S2. The Bertz CT molecular complexity index is 517. The maximum Gasteiger partial charge on any atom is 0.0564 e. The molecule has 0 saturated carbocycles. The summed E-state index contributed by atoms with van der Waals surface area (Å²) < 4.78 is 1.19. The van der Waals surface area contributed by atoms with Gasteiger partial charge in [-0.1, -0.05) is 6.07 Å². The Balaban J connectivity index is 2.10. The van der Waals surface area contributed by atoms with Gasteiger partial charge in [0.15, 0.2) is 0 Å². The van der Waals surface area contributed by atoms with Gasteiger partial charge in [-0.05, 0) is 60.8 Å². The summed E-state index contributed by atoms with van der Waals surface area (Å²) in [4.78, 5) is 6.50. The van der Waals surface area contributed by atoms with Crippen molar-refractivity contribution in [3.05, 3.63) is 42.7 Å². The van der Waals surface area contributed by atoms with Crippen LogP contribution >= 0.6 is 38.6 Å². The van der Waals surface area contributed by atoms with Gasteiger partial charge < -0.3 is 5.73 Å². The van der Waals surface area contributed by atoms with Gasteiger partial charge in [-0.2, -0.15) is 0 Å². The Morgan fingerprint density at radius 3 is 2.70 bits per heavy atom. The minimum atomic E-state index is 0.292.